The molecule has 2 amide bonds. The summed E-state index contributed by atoms with van der Waals surface area (Å²) < 4.78 is 23.4. The van der Waals surface area contributed by atoms with Crippen LogP contribution in [0.3, 0.4) is 0 Å². The van der Waals surface area contributed by atoms with Gasteiger partial charge >= 0.3 is 0 Å². The van der Waals surface area contributed by atoms with Crippen LogP contribution in [-0.2, 0) is 9.47 Å². The van der Waals surface area contributed by atoms with Gasteiger partial charge in [-0.05, 0) is 74.5 Å². The maximum atomic E-state index is 12.6. The Morgan fingerprint density at radius 2 is 1.07 bits per heavy atom. The van der Waals surface area contributed by atoms with E-state index in [1.165, 1.54) is 0 Å². The average molecular weight is 595 g/mol. The molecule has 12 heteroatoms. The van der Waals surface area contributed by atoms with Crippen LogP contribution in [0.2, 0.25) is 0 Å². The highest BCUT2D eigenvalue weighted by Crippen LogP contribution is 2.22. The summed E-state index contributed by atoms with van der Waals surface area (Å²) in [6, 6.07) is 20.4. The van der Waals surface area contributed by atoms with E-state index >= 15 is 0 Å². The van der Waals surface area contributed by atoms with Gasteiger partial charge in [-0.15, -0.1) is 0 Å². The van der Waals surface area contributed by atoms with E-state index in [0.717, 1.165) is 11.1 Å². The highest BCUT2D eigenvalue weighted by molar-refractivity contribution is 6.01. The summed E-state index contributed by atoms with van der Waals surface area (Å²) in [7, 11) is 0. The number of nitrogens with zero attached hydrogens (tertiary/aromatic N) is 4. The zero-order chi connectivity index (χ0) is 30.7. The zero-order valence-corrected chi connectivity index (χ0v) is 24.0. The summed E-state index contributed by atoms with van der Waals surface area (Å²) >= 11 is 0. The number of hydrazone groups is 2. The molecule has 2 N–H and O–H groups in total. The third-order valence-electron chi connectivity index (χ3n) is 6.42. The first-order chi connectivity index (χ1) is 21.5. The molecule has 5 rings (SSSR count). The van der Waals surface area contributed by atoms with Crippen molar-refractivity contribution >= 4 is 23.2 Å². The lowest BCUT2D eigenvalue weighted by Gasteiger charge is -2.31. The Morgan fingerprint density at radius 1 is 0.659 bits per heavy atom. The summed E-state index contributed by atoms with van der Waals surface area (Å²) in [6.07, 6.45) is 4.93. The molecule has 2 aromatic heterocycles. The number of pyridine rings is 2. The third kappa shape index (κ3) is 8.09. The Labute approximate surface area is 253 Å². The van der Waals surface area contributed by atoms with Crippen LogP contribution in [0.5, 0.6) is 11.5 Å². The number of carbonyl (C=O) groups excluding carboxylic acids is 2. The van der Waals surface area contributed by atoms with Gasteiger partial charge in [-0.1, -0.05) is 12.1 Å². The molecular formula is C32H30N6O6. The minimum atomic E-state index is -0.872. The molecule has 224 valence electrons. The van der Waals surface area contributed by atoms with Crippen LogP contribution in [-0.4, -0.2) is 59.0 Å². The molecule has 1 aliphatic heterocycles. The molecule has 0 bridgehead atoms. The first-order valence-corrected chi connectivity index (χ1v) is 13.7. The lowest BCUT2D eigenvalue weighted by atomic mass is 10.2. The normalized spacial score (nSPS) is 17.0. The van der Waals surface area contributed by atoms with Crippen LogP contribution in [0.4, 0.5) is 0 Å². The summed E-state index contributed by atoms with van der Waals surface area (Å²) in [4.78, 5) is 33.2. The molecule has 1 aliphatic rings. The second-order valence-electron chi connectivity index (χ2n) is 9.52. The molecule has 2 aromatic carbocycles. The van der Waals surface area contributed by atoms with Crippen LogP contribution in [0.25, 0.3) is 0 Å². The molecule has 0 radical (unpaired) electrons. The number of benzene rings is 2. The fourth-order valence-electron chi connectivity index (χ4n) is 3.98. The highest BCUT2D eigenvalue weighted by Gasteiger charge is 2.31. The van der Waals surface area contributed by atoms with Crippen LogP contribution < -0.4 is 20.3 Å². The predicted molar refractivity (Wildman–Crippen MR) is 161 cm³/mol. The third-order valence-corrected chi connectivity index (χ3v) is 6.42. The topological polar surface area (TPSA) is 146 Å². The van der Waals surface area contributed by atoms with Crippen molar-refractivity contribution in [3.8, 4) is 11.5 Å². The number of aromatic nitrogens is 2. The number of rotatable bonds is 10. The van der Waals surface area contributed by atoms with Crippen molar-refractivity contribution in [3.05, 3.63) is 120 Å². The maximum Gasteiger partial charge on any atom is 0.271 e. The molecule has 4 aromatic rings. The number of hydrogen-bond donors (Lipinski definition) is 2. The van der Waals surface area contributed by atoms with Gasteiger partial charge in [0, 0.05) is 47.0 Å². The van der Waals surface area contributed by atoms with Gasteiger partial charge in [-0.2, -0.15) is 10.2 Å². The zero-order valence-electron chi connectivity index (χ0n) is 24.0. The Bertz CT molecular complexity index is 1490. The molecule has 1 fully saturated rings. The average Bonchev–Trinajstić information content (AvgIpc) is 3.08. The molecule has 0 spiro atoms. The van der Waals surface area contributed by atoms with E-state index in [1.807, 2.05) is 12.1 Å². The van der Waals surface area contributed by atoms with Crippen LogP contribution in [0.1, 0.15) is 45.7 Å². The molecule has 0 aliphatic carbocycles. The Hall–Kier alpha value is -5.46. The predicted octanol–water partition coefficient (Wildman–Crippen LogP) is 3.94. The van der Waals surface area contributed by atoms with Gasteiger partial charge in [0.2, 0.25) is 0 Å². The second kappa shape index (κ2) is 14.6. The molecular weight excluding hydrogens is 564 g/mol. The van der Waals surface area contributed by atoms with Gasteiger partial charge < -0.3 is 18.9 Å². The van der Waals surface area contributed by atoms with Crippen molar-refractivity contribution < 1.29 is 28.5 Å². The molecule has 0 saturated carbocycles. The minimum absolute atomic E-state index is 0.317. The first kappa shape index (κ1) is 30.0. The smallest absolute Gasteiger partial charge is 0.271 e. The van der Waals surface area contributed by atoms with Gasteiger partial charge in [-0.3, -0.25) is 19.6 Å². The molecule has 12 nitrogen and oxygen atoms in total. The lowest BCUT2D eigenvalue weighted by Crippen LogP contribution is -2.45. The standard InChI is InChI=1S/C32H30N6O6/c1-21(25-5-3-15-33-19-25)35-37-29(39)23-7-11-27(12-8-23)43-31-32(42-18-17-41-31)44-28-13-9-24(10-14-28)30(40)38-36-22(2)26-6-4-16-34-20-26/h3-16,19-20,31-32H,17-18H2,1-2H3,(H,37,39)(H,38,40)/b35-21+,36-22+/t31-,32-/m0/s1. The van der Waals surface area contributed by atoms with E-state index in [4.69, 9.17) is 18.9 Å². The largest absolute Gasteiger partial charge is 0.458 e. The number of ether oxygens (including phenoxy) is 4. The molecule has 44 heavy (non-hydrogen) atoms. The second-order valence-corrected chi connectivity index (χ2v) is 9.52. The van der Waals surface area contributed by atoms with Gasteiger partial charge in [0.15, 0.2) is 0 Å². The summed E-state index contributed by atoms with van der Waals surface area (Å²) in [5.41, 5.74) is 8.76. The van der Waals surface area contributed by atoms with E-state index in [2.05, 4.69) is 31.0 Å². The SMILES string of the molecule is C/C(=N\NC(=O)c1ccc(O[C@@H]2OCCO[C@H]2Oc2ccc(C(=O)N/N=C(\C)c3cccnc3)cc2)cc1)c1cccnc1. The molecule has 0 unspecified atom stereocenters. The number of carbonyl (C=O) groups is 2. The fourth-order valence-corrected chi connectivity index (χ4v) is 3.98. The first-order valence-electron chi connectivity index (χ1n) is 13.7. The summed E-state index contributed by atoms with van der Waals surface area (Å²) in [6.45, 7) is 4.20. The van der Waals surface area contributed by atoms with Gasteiger partial charge in [0.1, 0.15) is 11.5 Å². The fraction of sp³-hybridized carbons (Fsp3) is 0.188. The van der Waals surface area contributed by atoms with E-state index in [0.29, 0.717) is 47.3 Å². The summed E-state index contributed by atoms with van der Waals surface area (Å²) in [5, 5.41) is 8.28. The van der Waals surface area contributed by atoms with Crippen molar-refractivity contribution in [2.24, 2.45) is 10.2 Å². The van der Waals surface area contributed by atoms with Crippen molar-refractivity contribution in [3.63, 3.8) is 0 Å². The molecule has 2 atom stereocenters. The quantitative estimate of drug-likeness (QED) is 0.207. The Morgan fingerprint density at radius 3 is 1.43 bits per heavy atom. The number of amides is 2. The van der Waals surface area contributed by atoms with Gasteiger partial charge in [0.05, 0.1) is 24.6 Å². The maximum absolute atomic E-state index is 12.6. The molecule has 3 heterocycles. The number of hydrogen-bond acceptors (Lipinski definition) is 10. The van der Waals surface area contributed by atoms with Crippen LogP contribution in [0.15, 0.2) is 108 Å². The van der Waals surface area contributed by atoms with Crippen LogP contribution >= 0.6 is 0 Å². The van der Waals surface area contributed by atoms with Gasteiger partial charge in [-0.25, -0.2) is 10.9 Å². The molecule has 1 saturated heterocycles. The van der Waals surface area contributed by atoms with Crippen molar-refractivity contribution in [1.29, 1.82) is 0 Å². The van der Waals surface area contributed by atoms with Crippen molar-refractivity contribution in [2.45, 2.75) is 26.4 Å². The van der Waals surface area contributed by atoms with E-state index < -0.39 is 12.6 Å². The summed E-state index contributed by atoms with van der Waals surface area (Å²) in [5.74, 6) is 0.168. The van der Waals surface area contributed by atoms with E-state index in [9.17, 15) is 9.59 Å². The van der Waals surface area contributed by atoms with Crippen LogP contribution in [0, 0.1) is 0 Å². The van der Waals surface area contributed by atoms with Crippen molar-refractivity contribution in [1.82, 2.24) is 20.8 Å². The minimum Gasteiger partial charge on any atom is -0.458 e. The lowest BCUT2D eigenvalue weighted by molar-refractivity contribution is -0.271. The Balaban J connectivity index is 1.14. The highest BCUT2D eigenvalue weighted by atomic mass is 16.8. The van der Waals surface area contributed by atoms with Gasteiger partial charge in [0.25, 0.3) is 24.4 Å². The van der Waals surface area contributed by atoms with E-state index in [1.54, 1.807) is 99.3 Å². The number of nitrogens with one attached hydrogen (secondary N) is 2. The van der Waals surface area contributed by atoms with Crippen molar-refractivity contribution in [2.75, 3.05) is 13.2 Å². The monoisotopic (exact) mass is 594 g/mol. The van der Waals surface area contributed by atoms with E-state index in [-0.39, 0.29) is 11.8 Å². The Kier molecular flexibility index (Phi) is 9.98.